The fourth-order valence-electron chi connectivity index (χ4n) is 2.30. The van der Waals surface area contributed by atoms with E-state index >= 15 is 0 Å². The van der Waals surface area contributed by atoms with Gasteiger partial charge < -0.3 is 9.47 Å². The fourth-order valence-corrected chi connectivity index (χ4v) is 4.01. The van der Waals surface area contributed by atoms with Crippen LogP contribution in [0.5, 0.6) is 11.5 Å². The Bertz CT molecular complexity index is 673. The van der Waals surface area contributed by atoms with Gasteiger partial charge in [-0.1, -0.05) is 17.8 Å². The molecule has 0 aromatic heterocycles. The van der Waals surface area contributed by atoms with E-state index in [1.54, 1.807) is 34.5 Å². The summed E-state index contributed by atoms with van der Waals surface area (Å²) in [5.74, 6) is 3.38. The van der Waals surface area contributed by atoms with Crippen molar-refractivity contribution in [2.75, 3.05) is 31.1 Å². The Balaban J connectivity index is 1.81. The van der Waals surface area contributed by atoms with E-state index in [2.05, 4.69) is 11.2 Å². The number of carbonyl (C=O) groups excluding carboxylic acids is 1. The van der Waals surface area contributed by atoms with Gasteiger partial charge in [-0.2, -0.15) is 11.8 Å². The van der Waals surface area contributed by atoms with Crippen molar-refractivity contribution in [1.82, 2.24) is 4.90 Å². The van der Waals surface area contributed by atoms with Crippen molar-refractivity contribution in [1.29, 1.82) is 0 Å². The maximum Gasteiger partial charge on any atom is 0.278 e. The van der Waals surface area contributed by atoms with E-state index in [1.165, 1.54) is 0 Å². The first-order chi connectivity index (χ1) is 11.2. The summed E-state index contributed by atoms with van der Waals surface area (Å²) in [6.07, 6.45) is 3.87. The van der Waals surface area contributed by atoms with Crippen molar-refractivity contribution < 1.29 is 14.3 Å². The Morgan fingerprint density at radius 3 is 2.91 bits per heavy atom. The predicted molar refractivity (Wildman–Crippen MR) is 96.2 cm³/mol. The molecule has 2 aliphatic rings. The number of hydrogen-bond acceptors (Lipinski definition) is 6. The Morgan fingerprint density at radius 2 is 2.13 bits per heavy atom. The third-order valence-electron chi connectivity index (χ3n) is 3.45. The van der Waals surface area contributed by atoms with Crippen LogP contribution in [0.4, 0.5) is 0 Å². The molecule has 23 heavy (non-hydrogen) atoms. The van der Waals surface area contributed by atoms with E-state index in [9.17, 15) is 4.79 Å². The molecule has 3 rings (SSSR count). The molecule has 0 unspecified atom stereocenters. The molecule has 0 bridgehead atoms. The molecular weight excluding hydrogens is 332 g/mol. The molecule has 0 atom stereocenters. The molecule has 0 aliphatic carbocycles. The lowest BCUT2D eigenvalue weighted by atomic mass is 10.1. The second-order valence-corrected chi connectivity index (χ2v) is 6.97. The molecule has 0 radical (unpaired) electrons. The number of thioether (sulfide) groups is 2. The zero-order valence-corrected chi connectivity index (χ0v) is 14.7. The first-order valence-electron chi connectivity index (χ1n) is 7.36. The summed E-state index contributed by atoms with van der Waals surface area (Å²) < 4.78 is 10.7. The number of fused-ring (bicyclic) bond motifs is 1. The number of carbonyl (C=O) groups is 1. The van der Waals surface area contributed by atoms with Gasteiger partial charge >= 0.3 is 0 Å². The van der Waals surface area contributed by atoms with Gasteiger partial charge in [-0.05, 0) is 37.0 Å². The van der Waals surface area contributed by atoms with Crippen LogP contribution < -0.4 is 9.47 Å². The van der Waals surface area contributed by atoms with Crippen molar-refractivity contribution in [3.05, 3.63) is 29.5 Å². The normalized spacial score (nSPS) is 18.0. The summed E-state index contributed by atoms with van der Waals surface area (Å²) in [7, 11) is 0. The lowest BCUT2D eigenvalue weighted by molar-refractivity contribution is -0.122. The van der Waals surface area contributed by atoms with E-state index in [0.29, 0.717) is 18.0 Å². The molecule has 1 aromatic rings. The van der Waals surface area contributed by atoms with E-state index in [0.717, 1.165) is 28.0 Å². The van der Waals surface area contributed by atoms with Crippen LogP contribution in [0, 0.1) is 0 Å². The van der Waals surface area contributed by atoms with Crippen LogP contribution in [0.2, 0.25) is 0 Å². The summed E-state index contributed by atoms with van der Waals surface area (Å²) in [6.45, 7) is 2.83. The average molecular weight is 350 g/mol. The fraction of sp³-hybridized carbons (Fsp3) is 0.375. The topological polar surface area (TPSA) is 51.1 Å². The minimum atomic E-state index is -0.0446. The van der Waals surface area contributed by atoms with Gasteiger partial charge in [0.2, 0.25) is 6.79 Å². The molecule has 0 spiro atoms. The van der Waals surface area contributed by atoms with Crippen LogP contribution in [0.1, 0.15) is 12.5 Å². The quantitative estimate of drug-likeness (QED) is 0.603. The minimum Gasteiger partial charge on any atom is -0.454 e. The number of hydrogen-bond donors (Lipinski definition) is 0. The lowest BCUT2D eigenvalue weighted by Crippen LogP contribution is -2.30. The smallest absolute Gasteiger partial charge is 0.278 e. The number of likely N-dealkylation sites (N-methyl/N-ethyl adjacent to an activating group) is 1. The van der Waals surface area contributed by atoms with E-state index in [4.69, 9.17) is 9.47 Å². The number of rotatable bonds is 5. The molecule has 0 fully saturated rings. The maximum atomic E-state index is 12.5. The van der Waals surface area contributed by atoms with Crippen LogP contribution in [0.25, 0.3) is 6.08 Å². The van der Waals surface area contributed by atoms with Gasteiger partial charge in [0, 0.05) is 18.1 Å². The first kappa shape index (κ1) is 16.3. The molecule has 5 nitrogen and oxygen atoms in total. The molecule has 0 N–H and O–H groups in total. The zero-order valence-electron chi connectivity index (χ0n) is 13.1. The second-order valence-electron chi connectivity index (χ2n) is 4.93. The Kier molecular flexibility index (Phi) is 5.17. The monoisotopic (exact) mass is 350 g/mol. The number of amides is 1. The van der Waals surface area contributed by atoms with Gasteiger partial charge in [0.1, 0.15) is 5.70 Å². The van der Waals surface area contributed by atoms with Crippen LogP contribution in [0.15, 0.2) is 28.9 Å². The van der Waals surface area contributed by atoms with E-state index < -0.39 is 0 Å². The van der Waals surface area contributed by atoms with Crippen molar-refractivity contribution in [2.45, 2.75) is 6.92 Å². The predicted octanol–water partition coefficient (Wildman–Crippen LogP) is 3.07. The molecule has 2 heterocycles. The molecule has 1 amide bonds. The molecule has 1 aromatic carbocycles. The third-order valence-corrected chi connectivity index (χ3v) is 5.30. The third kappa shape index (κ3) is 3.50. The molecular formula is C16H18N2O3S2. The summed E-state index contributed by atoms with van der Waals surface area (Å²) in [4.78, 5) is 18.7. The van der Waals surface area contributed by atoms with Gasteiger partial charge in [0.25, 0.3) is 5.91 Å². The molecule has 2 aliphatic heterocycles. The van der Waals surface area contributed by atoms with Crippen molar-refractivity contribution in [2.24, 2.45) is 4.99 Å². The number of ether oxygens (including phenoxy) is 2. The number of nitrogens with zero attached hydrogens (tertiary/aromatic N) is 2. The summed E-state index contributed by atoms with van der Waals surface area (Å²) >= 11 is 3.42. The van der Waals surface area contributed by atoms with Gasteiger partial charge in [0.15, 0.2) is 16.7 Å². The molecule has 7 heteroatoms. The highest BCUT2D eigenvalue weighted by atomic mass is 32.2. The number of amidine groups is 1. The van der Waals surface area contributed by atoms with Crippen LogP contribution in [-0.4, -0.2) is 47.1 Å². The van der Waals surface area contributed by atoms with Crippen LogP contribution in [0.3, 0.4) is 0 Å². The summed E-state index contributed by atoms with van der Waals surface area (Å²) in [5.41, 5.74) is 1.35. The van der Waals surface area contributed by atoms with Gasteiger partial charge in [-0.15, -0.1) is 0 Å². The number of benzene rings is 1. The van der Waals surface area contributed by atoms with Crippen LogP contribution >= 0.6 is 23.5 Å². The molecule has 0 saturated carbocycles. The number of aliphatic imine (C=N–C) groups is 1. The highest BCUT2D eigenvalue weighted by Gasteiger charge is 2.29. The highest BCUT2D eigenvalue weighted by Crippen LogP contribution is 2.33. The van der Waals surface area contributed by atoms with Crippen molar-refractivity contribution in [3.8, 4) is 11.5 Å². The van der Waals surface area contributed by atoms with Crippen molar-refractivity contribution >= 4 is 40.7 Å². The van der Waals surface area contributed by atoms with Gasteiger partial charge in [-0.3, -0.25) is 9.69 Å². The SMILES string of the molecule is CCN1C(=O)/C(=C/c2ccc3c(c2)OCO3)N=C1SCCSC. The van der Waals surface area contributed by atoms with Crippen molar-refractivity contribution in [3.63, 3.8) is 0 Å². The lowest BCUT2D eigenvalue weighted by Gasteiger charge is -2.14. The Labute approximate surface area is 144 Å². The van der Waals surface area contributed by atoms with E-state index in [-0.39, 0.29) is 12.7 Å². The first-order valence-corrected chi connectivity index (χ1v) is 9.74. The summed E-state index contributed by atoms with van der Waals surface area (Å²) in [5, 5.41) is 0.790. The maximum absolute atomic E-state index is 12.5. The molecule has 0 saturated heterocycles. The van der Waals surface area contributed by atoms with Gasteiger partial charge in [-0.25, -0.2) is 4.99 Å². The summed E-state index contributed by atoms with van der Waals surface area (Å²) in [6, 6.07) is 5.62. The minimum absolute atomic E-state index is 0.0446. The average Bonchev–Trinajstić information content (AvgIpc) is 3.12. The largest absolute Gasteiger partial charge is 0.454 e. The second kappa shape index (κ2) is 7.31. The molecule has 122 valence electrons. The standard InChI is InChI=1S/C16H18N2O3S2/c1-3-18-15(19)12(17-16(18)23-7-6-22-2)8-11-4-5-13-14(9-11)21-10-20-13/h4-5,8-9H,3,6-7,10H2,1-2H3/b12-8-. The zero-order chi connectivity index (χ0) is 16.2. The van der Waals surface area contributed by atoms with Gasteiger partial charge in [0.05, 0.1) is 0 Å². The Hall–Kier alpha value is -1.60. The van der Waals surface area contributed by atoms with E-state index in [1.807, 2.05) is 25.1 Å². The Morgan fingerprint density at radius 1 is 1.30 bits per heavy atom. The highest BCUT2D eigenvalue weighted by molar-refractivity contribution is 8.14. The van der Waals surface area contributed by atoms with Crippen LogP contribution in [-0.2, 0) is 4.79 Å².